The Balaban J connectivity index is 2.86. The second-order valence-corrected chi connectivity index (χ2v) is 5.76. The number of amides is 1. The van der Waals surface area contributed by atoms with Gasteiger partial charge in [-0.25, -0.2) is 9.97 Å². The molecule has 1 aromatic rings. The highest BCUT2D eigenvalue weighted by atomic mass is 79.9. The van der Waals surface area contributed by atoms with Crippen LogP contribution in [-0.2, 0) is 4.79 Å². The Kier molecular flexibility index (Phi) is 5.53. The number of carbonyl (C=O) groups is 1. The molecule has 0 aliphatic rings. The molecule has 0 aromatic carbocycles. The molecule has 0 radical (unpaired) electrons. The lowest BCUT2D eigenvalue weighted by molar-refractivity contribution is -0.118. The van der Waals surface area contributed by atoms with Crippen LogP contribution in [-0.4, -0.2) is 28.0 Å². The average Bonchev–Trinajstić information content (AvgIpc) is 2.28. The molecule has 4 N–H and O–H groups in total. The predicted octanol–water partition coefficient (Wildman–Crippen LogP) is 2.13. The summed E-state index contributed by atoms with van der Waals surface area (Å²) in [5, 5.41) is 6.40. The number of halogens is 1. The van der Waals surface area contributed by atoms with E-state index in [2.05, 4.69) is 43.5 Å². The monoisotopic (exact) mass is 329 g/mol. The molecule has 0 saturated carbocycles. The van der Waals surface area contributed by atoms with E-state index in [0.717, 1.165) is 23.3 Å². The van der Waals surface area contributed by atoms with Gasteiger partial charge in [0.25, 0.3) is 0 Å². The SMILES string of the molecule is CCCNc1ncnc(NC(C)(C)CC(N)=O)c1Br. The standard InChI is InChI=1S/C12H20BrN5O/c1-4-5-15-10-9(13)11(17-7-16-10)18-12(2,3)6-8(14)19/h7H,4-6H2,1-3H3,(H2,14,19)(H2,15,16,17,18). The zero-order chi connectivity index (χ0) is 14.5. The third kappa shape index (κ3) is 5.02. The highest BCUT2D eigenvalue weighted by molar-refractivity contribution is 9.10. The largest absolute Gasteiger partial charge is 0.370 e. The quantitative estimate of drug-likeness (QED) is 0.712. The van der Waals surface area contributed by atoms with Gasteiger partial charge < -0.3 is 16.4 Å². The predicted molar refractivity (Wildman–Crippen MR) is 80.0 cm³/mol. The van der Waals surface area contributed by atoms with E-state index in [1.54, 1.807) is 0 Å². The van der Waals surface area contributed by atoms with Crippen molar-refractivity contribution in [3.05, 3.63) is 10.8 Å². The van der Waals surface area contributed by atoms with Crippen LogP contribution in [0.1, 0.15) is 33.6 Å². The van der Waals surface area contributed by atoms with E-state index >= 15 is 0 Å². The van der Waals surface area contributed by atoms with Gasteiger partial charge in [0.2, 0.25) is 5.91 Å². The summed E-state index contributed by atoms with van der Waals surface area (Å²) < 4.78 is 0.751. The van der Waals surface area contributed by atoms with Gasteiger partial charge in [0.1, 0.15) is 22.4 Å². The molecule has 7 heteroatoms. The zero-order valence-corrected chi connectivity index (χ0v) is 13.0. The number of primary amides is 1. The third-order valence-electron chi connectivity index (χ3n) is 2.40. The minimum Gasteiger partial charge on any atom is -0.370 e. The molecule has 0 atom stereocenters. The molecule has 6 nitrogen and oxygen atoms in total. The number of nitrogens with zero attached hydrogens (tertiary/aromatic N) is 2. The molecule has 0 fully saturated rings. The van der Waals surface area contributed by atoms with Gasteiger partial charge in [-0.2, -0.15) is 0 Å². The van der Waals surface area contributed by atoms with E-state index in [9.17, 15) is 4.79 Å². The van der Waals surface area contributed by atoms with Crippen LogP contribution in [0.2, 0.25) is 0 Å². The fourth-order valence-corrected chi connectivity index (χ4v) is 2.07. The van der Waals surface area contributed by atoms with Crippen molar-refractivity contribution in [3.63, 3.8) is 0 Å². The Morgan fingerprint density at radius 1 is 1.42 bits per heavy atom. The summed E-state index contributed by atoms with van der Waals surface area (Å²) in [6, 6.07) is 0. The van der Waals surface area contributed by atoms with Gasteiger partial charge in [0.05, 0.1) is 0 Å². The molecular weight excluding hydrogens is 310 g/mol. The molecule has 1 rings (SSSR count). The van der Waals surface area contributed by atoms with Crippen molar-refractivity contribution in [1.82, 2.24) is 9.97 Å². The van der Waals surface area contributed by atoms with Crippen molar-refractivity contribution in [2.45, 2.75) is 39.2 Å². The lowest BCUT2D eigenvalue weighted by atomic mass is 10.0. The number of anilines is 2. The number of aromatic nitrogens is 2. The number of nitrogens with one attached hydrogen (secondary N) is 2. The van der Waals surface area contributed by atoms with E-state index in [-0.39, 0.29) is 12.3 Å². The van der Waals surface area contributed by atoms with Crippen molar-refractivity contribution in [2.24, 2.45) is 5.73 Å². The van der Waals surface area contributed by atoms with Gasteiger partial charge in [-0.3, -0.25) is 4.79 Å². The molecule has 0 bridgehead atoms. The molecule has 0 aliphatic carbocycles. The van der Waals surface area contributed by atoms with Crippen LogP contribution in [0.5, 0.6) is 0 Å². The van der Waals surface area contributed by atoms with Gasteiger partial charge >= 0.3 is 0 Å². The van der Waals surface area contributed by atoms with Gasteiger partial charge in [-0.1, -0.05) is 6.92 Å². The fourth-order valence-electron chi connectivity index (χ4n) is 1.62. The Bertz CT molecular complexity index is 450. The summed E-state index contributed by atoms with van der Waals surface area (Å²) in [6.45, 7) is 6.70. The first kappa shape index (κ1) is 15.7. The molecule has 1 amide bonds. The number of hydrogen-bond acceptors (Lipinski definition) is 5. The molecule has 1 heterocycles. The van der Waals surface area contributed by atoms with E-state index < -0.39 is 5.54 Å². The molecule has 19 heavy (non-hydrogen) atoms. The first-order valence-corrected chi connectivity index (χ1v) is 6.96. The maximum Gasteiger partial charge on any atom is 0.219 e. The second kappa shape index (κ2) is 6.70. The van der Waals surface area contributed by atoms with Crippen LogP contribution in [0.15, 0.2) is 10.8 Å². The lowest BCUT2D eigenvalue weighted by Gasteiger charge is -2.26. The van der Waals surface area contributed by atoms with Crippen molar-refractivity contribution < 1.29 is 4.79 Å². The Hall–Kier alpha value is -1.37. The minimum atomic E-state index is -0.468. The summed E-state index contributed by atoms with van der Waals surface area (Å²) in [5.41, 5.74) is 4.76. The fraction of sp³-hybridized carbons (Fsp3) is 0.583. The molecule has 0 aliphatic heterocycles. The summed E-state index contributed by atoms with van der Waals surface area (Å²) in [4.78, 5) is 19.4. The molecule has 0 spiro atoms. The Morgan fingerprint density at radius 2 is 2.05 bits per heavy atom. The van der Waals surface area contributed by atoms with E-state index in [4.69, 9.17) is 5.73 Å². The topological polar surface area (TPSA) is 92.9 Å². The Morgan fingerprint density at radius 3 is 2.63 bits per heavy atom. The zero-order valence-electron chi connectivity index (χ0n) is 11.5. The number of nitrogens with two attached hydrogens (primary N) is 1. The average molecular weight is 330 g/mol. The van der Waals surface area contributed by atoms with Gasteiger partial charge in [0, 0.05) is 18.5 Å². The van der Waals surface area contributed by atoms with Gasteiger partial charge in [-0.05, 0) is 36.2 Å². The maximum absolute atomic E-state index is 11.0. The second-order valence-electron chi connectivity index (χ2n) is 4.96. The van der Waals surface area contributed by atoms with Crippen molar-refractivity contribution in [3.8, 4) is 0 Å². The highest BCUT2D eigenvalue weighted by Crippen LogP contribution is 2.29. The molecule has 106 valence electrons. The van der Waals surface area contributed by atoms with Crippen LogP contribution >= 0.6 is 15.9 Å². The van der Waals surface area contributed by atoms with Gasteiger partial charge in [-0.15, -0.1) is 0 Å². The molecular formula is C12H20BrN5O. The maximum atomic E-state index is 11.0. The van der Waals surface area contributed by atoms with E-state index in [1.807, 2.05) is 13.8 Å². The lowest BCUT2D eigenvalue weighted by Crippen LogP contribution is -2.36. The first-order valence-electron chi connectivity index (χ1n) is 6.16. The normalized spacial score (nSPS) is 11.2. The van der Waals surface area contributed by atoms with Crippen LogP contribution in [0.25, 0.3) is 0 Å². The van der Waals surface area contributed by atoms with Crippen molar-refractivity contribution in [2.75, 3.05) is 17.2 Å². The Labute approximate surface area is 121 Å². The molecule has 0 unspecified atom stereocenters. The van der Waals surface area contributed by atoms with Crippen LogP contribution < -0.4 is 16.4 Å². The summed E-state index contributed by atoms with van der Waals surface area (Å²) in [6.07, 6.45) is 2.71. The van der Waals surface area contributed by atoms with E-state index in [1.165, 1.54) is 6.33 Å². The molecule has 1 aromatic heterocycles. The first-order chi connectivity index (χ1) is 8.85. The molecule has 0 saturated heterocycles. The van der Waals surface area contributed by atoms with Gasteiger partial charge in [0.15, 0.2) is 0 Å². The minimum absolute atomic E-state index is 0.223. The van der Waals surface area contributed by atoms with E-state index in [0.29, 0.717) is 5.82 Å². The summed E-state index contributed by atoms with van der Waals surface area (Å²) in [5.74, 6) is 1.01. The summed E-state index contributed by atoms with van der Waals surface area (Å²) >= 11 is 3.46. The number of hydrogen-bond donors (Lipinski definition) is 3. The third-order valence-corrected chi connectivity index (χ3v) is 3.16. The highest BCUT2D eigenvalue weighted by Gasteiger charge is 2.22. The smallest absolute Gasteiger partial charge is 0.219 e. The van der Waals surface area contributed by atoms with Crippen LogP contribution in [0.3, 0.4) is 0 Å². The van der Waals surface area contributed by atoms with Crippen LogP contribution in [0, 0.1) is 0 Å². The number of carbonyl (C=O) groups excluding carboxylic acids is 1. The summed E-state index contributed by atoms with van der Waals surface area (Å²) in [7, 11) is 0. The van der Waals surface area contributed by atoms with Crippen LogP contribution in [0.4, 0.5) is 11.6 Å². The van der Waals surface area contributed by atoms with Crippen molar-refractivity contribution in [1.29, 1.82) is 0 Å². The number of rotatable bonds is 7. The van der Waals surface area contributed by atoms with Crippen molar-refractivity contribution >= 4 is 33.5 Å².